The van der Waals surface area contributed by atoms with Crippen molar-refractivity contribution in [3.63, 3.8) is 0 Å². The van der Waals surface area contributed by atoms with E-state index in [2.05, 4.69) is 23.3 Å². The predicted molar refractivity (Wildman–Crippen MR) is 56.4 cm³/mol. The number of rotatable bonds is 1. The number of anilines is 1. The Morgan fingerprint density at radius 3 is 3.14 bits per heavy atom. The van der Waals surface area contributed by atoms with Gasteiger partial charge in [-0.3, -0.25) is 4.98 Å². The van der Waals surface area contributed by atoms with Gasteiger partial charge < -0.3 is 10.4 Å². The summed E-state index contributed by atoms with van der Waals surface area (Å²) >= 11 is 0. The van der Waals surface area contributed by atoms with E-state index in [1.807, 2.05) is 6.92 Å². The van der Waals surface area contributed by atoms with E-state index in [4.69, 9.17) is 0 Å². The fourth-order valence-electron chi connectivity index (χ4n) is 1.96. The molecule has 76 valence electrons. The van der Waals surface area contributed by atoms with Gasteiger partial charge in [-0.15, -0.1) is 0 Å². The average Bonchev–Trinajstić information content (AvgIpc) is 2.18. The lowest BCUT2D eigenvalue weighted by Gasteiger charge is -2.24. The minimum atomic E-state index is -0.392. The third-order valence-corrected chi connectivity index (χ3v) is 2.67. The number of nitrogens with one attached hydrogen (secondary N) is 1. The van der Waals surface area contributed by atoms with E-state index >= 15 is 0 Å². The van der Waals surface area contributed by atoms with Crippen LogP contribution in [0.15, 0.2) is 6.07 Å². The van der Waals surface area contributed by atoms with Gasteiger partial charge in [-0.25, -0.2) is 0 Å². The van der Waals surface area contributed by atoms with Crippen molar-refractivity contribution in [3.05, 3.63) is 23.0 Å². The average molecular weight is 192 g/mol. The topological polar surface area (TPSA) is 45.2 Å². The van der Waals surface area contributed by atoms with Crippen molar-refractivity contribution >= 4 is 5.69 Å². The second-order valence-electron chi connectivity index (χ2n) is 3.77. The zero-order valence-corrected chi connectivity index (χ0v) is 8.67. The molecule has 0 bridgehead atoms. The van der Waals surface area contributed by atoms with Gasteiger partial charge in [0.05, 0.1) is 17.5 Å². The van der Waals surface area contributed by atoms with E-state index in [1.165, 1.54) is 5.56 Å². The maximum absolute atomic E-state index is 9.80. The Kier molecular flexibility index (Phi) is 2.42. The molecule has 0 fully saturated rings. The lowest BCUT2D eigenvalue weighted by molar-refractivity contribution is 0.163. The van der Waals surface area contributed by atoms with Crippen LogP contribution in [0.4, 0.5) is 5.69 Å². The summed E-state index contributed by atoms with van der Waals surface area (Å²) < 4.78 is 0. The standard InChI is InChI=1S/C11H16N2O/c1-3-8-6-7(2)13-11-9(14)4-5-12-10(8)11/h6,9,12,14H,3-5H2,1-2H3. The number of fused-ring (bicyclic) bond motifs is 1. The van der Waals surface area contributed by atoms with Crippen molar-refractivity contribution in [1.29, 1.82) is 0 Å². The summed E-state index contributed by atoms with van der Waals surface area (Å²) in [5, 5.41) is 13.1. The lowest BCUT2D eigenvalue weighted by atomic mass is 10.0. The Balaban J connectivity index is 2.54. The zero-order valence-electron chi connectivity index (χ0n) is 8.67. The quantitative estimate of drug-likeness (QED) is 0.713. The number of aromatic nitrogens is 1. The van der Waals surface area contributed by atoms with Gasteiger partial charge in [0.15, 0.2) is 0 Å². The number of aliphatic hydroxyl groups is 1. The number of aryl methyl sites for hydroxylation is 2. The highest BCUT2D eigenvalue weighted by atomic mass is 16.3. The molecule has 1 atom stereocenters. The highest BCUT2D eigenvalue weighted by molar-refractivity contribution is 5.58. The van der Waals surface area contributed by atoms with Gasteiger partial charge in [0.2, 0.25) is 0 Å². The molecule has 0 aromatic carbocycles. The number of aliphatic hydroxyl groups excluding tert-OH is 1. The van der Waals surface area contributed by atoms with E-state index in [0.29, 0.717) is 0 Å². The van der Waals surface area contributed by atoms with Crippen molar-refractivity contribution in [3.8, 4) is 0 Å². The number of hydrogen-bond donors (Lipinski definition) is 2. The van der Waals surface area contributed by atoms with Crippen LogP contribution in [0.25, 0.3) is 0 Å². The Hall–Kier alpha value is -1.09. The Morgan fingerprint density at radius 2 is 2.43 bits per heavy atom. The lowest BCUT2D eigenvalue weighted by Crippen LogP contribution is -2.19. The van der Waals surface area contributed by atoms with Crippen LogP contribution < -0.4 is 5.32 Å². The maximum Gasteiger partial charge on any atom is 0.0997 e. The molecular weight excluding hydrogens is 176 g/mol. The van der Waals surface area contributed by atoms with E-state index in [9.17, 15) is 5.11 Å². The summed E-state index contributed by atoms with van der Waals surface area (Å²) in [6.07, 6.45) is 1.34. The van der Waals surface area contributed by atoms with Crippen LogP contribution in [0.1, 0.15) is 36.4 Å². The number of nitrogens with zero attached hydrogens (tertiary/aromatic N) is 1. The normalized spacial score (nSPS) is 20.1. The van der Waals surface area contributed by atoms with Gasteiger partial charge >= 0.3 is 0 Å². The van der Waals surface area contributed by atoms with Gasteiger partial charge in [-0.05, 0) is 31.4 Å². The third kappa shape index (κ3) is 1.48. The summed E-state index contributed by atoms with van der Waals surface area (Å²) in [5.41, 5.74) is 4.12. The van der Waals surface area contributed by atoms with Crippen LogP contribution in [-0.4, -0.2) is 16.6 Å². The van der Waals surface area contributed by atoms with E-state index < -0.39 is 6.10 Å². The molecule has 2 N–H and O–H groups in total. The molecule has 1 aromatic rings. The SMILES string of the molecule is CCc1cc(C)nc2c1NCCC2O. The van der Waals surface area contributed by atoms with E-state index in [1.54, 1.807) is 0 Å². The van der Waals surface area contributed by atoms with Crippen molar-refractivity contribution in [2.75, 3.05) is 11.9 Å². The van der Waals surface area contributed by atoms with Gasteiger partial charge in [-0.2, -0.15) is 0 Å². The first kappa shape index (κ1) is 9.46. The molecule has 2 heterocycles. The molecule has 0 radical (unpaired) electrons. The predicted octanol–water partition coefficient (Wildman–Crippen LogP) is 1.80. The smallest absolute Gasteiger partial charge is 0.0997 e. The van der Waals surface area contributed by atoms with E-state index in [0.717, 1.165) is 36.5 Å². The molecule has 0 amide bonds. The molecular formula is C11H16N2O. The highest BCUT2D eigenvalue weighted by Gasteiger charge is 2.21. The van der Waals surface area contributed by atoms with Crippen LogP contribution in [0, 0.1) is 6.92 Å². The molecule has 0 spiro atoms. The highest BCUT2D eigenvalue weighted by Crippen LogP contribution is 2.31. The minimum Gasteiger partial charge on any atom is -0.387 e. The maximum atomic E-state index is 9.80. The van der Waals surface area contributed by atoms with Gasteiger partial charge in [0.1, 0.15) is 0 Å². The van der Waals surface area contributed by atoms with Gasteiger partial charge in [0, 0.05) is 12.2 Å². The first-order chi connectivity index (χ1) is 6.72. The summed E-state index contributed by atoms with van der Waals surface area (Å²) in [6, 6.07) is 2.09. The van der Waals surface area contributed by atoms with Gasteiger partial charge in [-0.1, -0.05) is 6.92 Å². The Labute approximate surface area is 84.2 Å². The number of hydrogen-bond acceptors (Lipinski definition) is 3. The molecule has 0 saturated heterocycles. The fraction of sp³-hybridized carbons (Fsp3) is 0.545. The molecule has 14 heavy (non-hydrogen) atoms. The Morgan fingerprint density at radius 1 is 1.64 bits per heavy atom. The minimum absolute atomic E-state index is 0.392. The second kappa shape index (κ2) is 3.58. The van der Waals surface area contributed by atoms with Crippen LogP contribution in [0.3, 0.4) is 0 Å². The first-order valence-electron chi connectivity index (χ1n) is 5.14. The third-order valence-electron chi connectivity index (χ3n) is 2.67. The molecule has 3 heteroatoms. The van der Waals surface area contributed by atoms with Crippen LogP contribution in [0.2, 0.25) is 0 Å². The van der Waals surface area contributed by atoms with E-state index in [-0.39, 0.29) is 0 Å². The summed E-state index contributed by atoms with van der Waals surface area (Å²) in [5.74, 6) is 0. The monoisotopic (exact) mass is 192 g/mol. The summed E-state index contributed by atoms with van der Waals surface area (Å²) in [6.45, 7) is 4.93. The second-order valence-corrected chi connectivity index (χ2v) is 3.77. The molecule has 2 rings (SSSR count). The molecule has 1 aliphatic heterocycles. The van der Waals surface area contributed by atoms with Crippen molar-refractivity contribution in [1.82, 2.24) is 4.98 Å². The fourth-order valence-corrected chi connectivity index (χ4v) is 1.96. The van der Waals surface area contributed by atoms with Crippen LogP contribution in [0.5, 0.6) is 0 Å². The first-order valence-corrected chi connectivity index (χ1v) is 5.14. The van der Waals surface area contributed by atoms with Crippen molar-refractivity contribution in [2.24, 2.45) is 0 Å². The van der Waals surface area contributed by atoms with Crippen molar-refractivity contribution < 1.29 is 5.11 Å². The molecule has 3 nitrogen and oxygen atoms in total. The molecule has 1 aliphatic rings. The largest absolute Gasteiger partial charge is 0.387 e. The summed E-state index contributed by atoms with van der Waals surface area (Å²) in [7, 11) is 0. The van der Waals surface area contributed by atoms with Gasteiger partial charge in [0.25, 0.3) is 0 Å². The van der Waals surface area contributed by atoms with Crippen molar-refractivity contribution in [2.45, 2.75) is 32.8 Å². The Bertz CT molecular complexity index is 349. The van der Waals surface area contributed by atoms with Crippen LogP contribution >= 0.6 is 0 Å². The molecule has 1 unspecified atom stereocenters. The molecule has 1 aromatic heterocycles. The summed E-state index contributed by atoms with van der Waals surface area (Å²) in [4.78, 5) is 4.39. The number of pyridine rings is 1. The molecule has 0 aliphatic carbocycles. The molecule has 0 saturated carbocycles. The zero-order chi connectivity index (χ0) is 10.1. The van der Waals surface area contributed by atoms with Crippen LogP contribution in [-0.2, 0) is 6.42 Å².